The Morgan fingerprint density at radius 3 is 2.79 bits per heavy atom. The molecule has 0 aliphatic heterocycles. The van der Waals surface area contributed by atoms with E-state index in [4.69, 9.17) is 5.73 Å². The summed E-state index contributed by atoms with van der Waals surface area (Å²) in [6.07, 6.45) is 3.69. The van der Waals surface area contributed by atoms with Crippen LogP contribution in [0.1, 0.15) is 42.3 Å². The van der Waals surface area contributed by atoms with Crippen molar-refractivity contribution in [2.45, 2.75) is 43.2 Å². The molecule has 0 bridgehead atoms. The standard InChI is InChI=1S/C10H14N2OS/c11-10(3-7(13)4-10)8-5-14-9(12-8)6-1-2-6/h5-7,13H,1-4,11H2. The van der Waals surface area contributed by atoms with Crippen molar-refractivity contribution >= 4 is 11.3 Å². The third kappa shape index (κ3) is 1.29. The summed E-state index contributed by atoms with van der Waals surface area (Å²) in [7, 11) is 0. The first-order valence-corrected chi connectivity index (χ1v) is 5.98. The van der Waals surface area contributed by atoms with Gasteiger partial charge in [0.2, 0.25) is 0 Å². The van der Waals surface area contributed by atoms with Crippen molar-refractivity contribution in [3.63, 3.8) is 0 Å². The second-order valence-electron chi connectivity index (χ2n) is 4.56. The molecular weight excluding hydrogens is 196 g/mol. The van der Waals surface area contributed by atoms with E-state index in [1.165, 1.54) is 17.8 Å². The van der Waals surface area contributed by atoms with E-state index in [1.54, 1.807) is 11.3 Å². The van der Waals surface area contributed by atoms with E-state index in [9.17, 15) is 5.11 Å². The highest BCUT2D eigenvalue weighted by molar-refractivity contribution is 7.09. The summed E-state index contributed by atoms with van der Waals surface area (Å²) in [5.74, 6) is 0.711. The molecule has 0 radical (unpaired) electrons. The summed E-state index contributed by atoms with van der Waals surface area (Å²) in [6.45, 7) is 0. The average molecular weight is 210 g/mol. The lowest BCUT2D eigenvalue weighted by atomic mass is 9.73. The van der Waals surface area contributed by atoms with Crippen molar-refractivity contribution in [1.29, 1.82) is 0 Å². The van der Waals surface area contributed by atoms with Crippen LogP contribution in [-0.4, -0.2) is 16.2 Å². The van der Waals surface area contributed by atoms with Crippen LogP contribution in [0, 0.1) is 0 Å². The van der Waals surface area contributed by atoms with Gasteiger partial charge in [-0.15, -0.1) is 11.3 Å². The van der Waals surface area contributed by atoms with Gasteiger partial charge < -0.3 is 10.8 Å². The zero-order chi connectivity index (χ0) is 9.76. The van der Waals surface area contributed by atoms with Crippen LogP contribution in [0.2, 0.25) is 0 Å². The topological polar surface area (TPSA) is 59.1 Å². The van der Waals surface area contributed by atoms with Crippen molar-refractivity contribution in [2.24, 2.45) is 5.73 Å². The van der Waals surface area contributed by atoms with Crippen molar-refractivity contribution < 1.29 is 5.11 Å². The summed E-state index contributed by atoms with van der Waals surface area (Å²) in [4.78, 5) is 4.58. The molecule has 3 rings (SSSR count). The normalized spacial score (nSPS) is 36.9. The van der Waals surface area contributed by atoms with E-state index in [-0.39, 0.29) is 11.6 Å². The van der Waals surface area contributed by atoms with Crippen LogP contribution >= 0.6 is 11.3 Å². The SMILES string of the molecule is NC1(c2csc(C3CC3)n2)CC(O)C1. The molecule has 14 heavy (non-hydrogen) atoms. The number of aliphatic hydroxyl groups is 1. The monoisotopic (exact) mass is 210 g/mol. The Kier molecular flexibility index (Phi) is 1.75. The van der Waals surface area contributed by atoms with Gasteiger partial charge in [-0.2, -0.15) is 0 Å². The number of rotatable bonds is 2. The smallest absolute Gasteiger partial charge is 0.0960 e. The second-order valence-corrected chi connectivity index (χ2v) is 5.45. The zero-order valence-electron chi connectivity index (χ0n) is 7.94. The van der Waals surface area contributed by atoms with E-state index in [1.807, 2.05) is 0 Å². The van der Waals surface area contributed by atoms with Crippen LogP contribution in [-0.2, 0) is 5.54 Å². The van der Waals surface area contributed by atoms with Crippen LogP contribution < -0.4 is 5.73 Å². The molecule has 2 aliphatic rings. The number of aromatic nitrogens is 1. The molecule has 76 valence electrons. The number of aliphatic hydroxyl groups excluding tert-OH is 1. The minimum atomic E-state index is -0.330. The van der Waals surface area contributed by atoms with Gasteiger partial charge in [0.1, 0.15) is 0 Å². The van der Waals surface area contributed by atoms with E-state index < -0.39 is 0 Å². The van der Waals surface area contributed by atoms with E-state index in [0.717, 1.165) is 5.69 Å². The second kappa shape index (κ2) is 2.78. The summed E-state index contributed by atoms with van der Waals surface area (Å²) < 4.78 is 0. The molecule has 1 heterocycles. The Labute approximate surface area is 87.0 Å². The van der Waals surface area contributed by atoms with Crippen LogP contribution in [0.4, 0.5) is 0 Å². The third-order valence-corrected chi connectivity index (χ3v) is 4.17. The van der Waals surface area contributed by atoms with Gasteiger partial charge >= 0.3 is 0 Å². The lowest BCUT2D eigenvalue weighted by Crippen LogP contribution is -2.51. The van der Waals surface area contributed by atoms with Gasteiger partial charge in [-0.3, -0.25) is 0 Å². The van der Waals surface area contributed by atoms with E-state index in [2.05, 4.69) is 10.4 Å². The number of nitrogens with two attached hydrogens (primary N) is 1. The molecule has 0 amide bonds. The molecule has 0 atom stereocenters. The van der Waals surface area contributed by atoms with Gasteiger partial charge in [0.05, 0.1) is 22.3 Å². The number of hydrogen-bond acceptors (Lipinski definition) is 4. The predicted molar refractivity (Wildman–Crippen MR) is 55.2 cm³/mol. The third-order valence-electron chi connectivity index (χ3n) is 3.16. The molecule has 0 spiro atoms. The van der Waals surface area contributed by atoms with Crippen LogP contribution in [0.5, 0.6) is 0 Å². The Bertz CT molecular complexity index is 353. The van der Waals surface area contributed by atoms with Crippen molar-refractivity contribution in [2.75, 3.05) is 0 Å². The summed E-state index contributed by atoms with van der Waals surface area (Å²) in [5, 5.41) is 12.6. The average Bonchev–Trinajstić information content (AvgIpc) is 2.81. The highest BCUT2D eigenvalue weighted by atomic mass is 32.1. The maximum absolute atomic E-state index is 9.27. The lowest BCUT2D eigenvalue weighted by molar-refractivity contribution is 0.0190. The Balaban J connectivity index is 1.82. The maximum atomic E-state index is 9.27. The number of nitrogens with zero attached hydrogens (tertiary/aromatic N) is 1. The Hall–Kier alpha value is -0.450. The fourth-order valence-electron chi connectivity index (χ4n) is 2.02. The Morgan fingerprint density at radius 1 is 1.50 bits per heavy atom. The lowest BCUT2D eigenvalue weighted by Gasteiger charge is -2.40. The minimum absolute atomic E-state index is 0.217. The molecule has 4 heteroatoms. The molecule has 3 nitrogen and oxygen atoms in total. The molecule has 2 saturated carbocycles. The molecule has 3 N–H and O–H groups in total. The highest BCUT2D eigenvalue weighted by Gasteiger charge is 2.43. The predicted octanol–water partition coefficient (Wildman–Crippen LogP) is 1.33. The zero-order valence-corrected chi connectivity index (χ0v) is 8.76. The van der Waals surface area contributed by atoms with Gasteiger partial charge in [0, 0.05) is 11.3 Å². The van der Waals surface area contributed by atoms with Crippen LogP contribution in [0.15, 0.2) is 5.38 Å². The van der Waals surface area contributed by atoms with Gasteiger partial charge in [-0.05, 0) is 25.7 Å². The number of thiazole rings is 1. The Morgan fingerprint density at radius 2 is 2.21 bits per heavy atom. The van der Waals surface area contributed by atoms with Crippen molar-refractivity contribution in [3.8, 4) is 0 Å². The molecule has 2 aliphatic carbocycles. The molecule has 0 saturated heterocycles. The van der Waals surface area contributed by atoms with E-state index in [0.29, 0.717) is 18.8 Å². The fraction of sp³-hybridized carbons (Fsp3) is 0.700. The van der Waals surface area contributed by atoms with Gasteiger partial charge in [0.25, 0.3) is 0 Å². The minimum Gasteiger partial charge on any atom is -0.393 e. The molecule has 1 aromatic rings. The van der Waals surface area contributed by atoms with Crippen molar-refractivity contribution in [3.05, 3.63) is 16.1 Å². The molecule has 0 unspecified atom stereocenters. The fourth-order valence-corrected chi connectivity index (χ4v) is 3.12. The molecule has 2 fully saturated rings. The maximum Gasteiger partial charge on any atom is 0.0960 e. The largest absolute Gasteiger partial charge is 0.393 e. The van der Waals surface area contributed by atoms with Crippen LogP contribution in [0.3, 0.4) is 0 Å². The van der Waals surface area contributed by atoms with Gasteiger partial charge in [-0.1, -0.05) is 0 Å². The number of hydrogen-bond donors (Lipinski definition) is 2. The molecule has 1 aromatic heterocycles. The highest BCUT2D eigenvalue weighted by Crippen LogP contribution is 2.44. The summed E-state index contributed by atoms with van der Waals surface area (Å²) in [6, 6.07) is 0. The van der Waals surface area contributed by atoms with Gasteiger partial charge in [0.15, 0.2) is 0 Å². The quantitative estimate of drug-likeness (QED) is 0.774. The van der Waals surface area contributed by atoms with Gasteiger partial charge in [-0.25, -0.2) is 4.98 Å². The molecular formula is C10H14N2OS. The first-order valence-electron chi connectivity index (χ1n) is 5.10. The van der Waals surface area contributed by atoms with E-state index >= 15 is 0 Å². The first-order chi connectivity index (χ1) is 6.67. The first kappa shape index (κ1) is 8.83. The van der Waals surface area contributed by atoms with Crippen molar-refractivity contribution in [1.82, 2.24) is 4.98 Å². The summed E-state index contributed by atoms with van der Waals surface area (Å²) >= 11 is 1.72. The van der Waals surface area contributed by atoms with Crippen LogP contribution in [0.25, 0.3) is 0 Å². The molecule has 0 aromatic carbocycles. The summed E-state index contributed by atoms with van der Waals surface area (Å²) in [5.41, 5.74) is 6.80.